The number of aromatic nitrogens is 1. The largest absolute Gasteiger partial charge is 0.346 e. The van der Waals surface area contributed by atoms with E-state index in [0.717, 1.165) is 19.6 Å². The van der Waals surface area contributed by atoms with E-state index in [4.69, 9.17) is 0 Å². The Morgan fingerprint density at radius 1 is 1.33 bits per heavy atom. The maximum Gasteiger partial charge on any atom is 0.251 e. The highest BCUT2D eigenvalue weighted by molar-refractivity contribution is 9.11. The Kier molecular flexibility index (Phi) is 4.53. The van der Waals surface area contributed by atoms with Crippen LogP contribution in [-0.4, -0.2) is 10.9 Å². The molecular formula is C12H10Br2N2OS. The lowest BCUT2D eigenvalue weighted by Gasteiger charge is -2.04. The quantitative estimate of drug-likeness (QED) is 0.864. The van der Waals surface area contributed by atoms with Gasteiger partial charge in [-0.1, -0.05) is 31.9 Å². The number of rotatable bonds is 3. The van der Waals surface area contributed by atoms with Crippen LogP contribution >= 0.6 is 43.2 Å². The van der Waals surface area contributed by atoms with E-state index < -0.39 is 0 Å². The molecule has 0 aliphatic heterocycles. The van der Waals surface area contributed by atoms with Crippen molar-refractivity contribution < 1.29 is 4.79 Å². The van der Waals surface area contributed by atoms with Crippen molar-refractivity contribution in [2.75, 3.05) is 0 Å². The molecule has 1 amide bonds. The van der Waals surface area contributed by atoms with Crippen LogP contribution in [0.4, 0.5) is 0 Å². The van der Waals surface area contributed by atoms with Crippen LogP contribution in [0.15, 0.2) is 32.5 Å². The Balaban J connectivity index is 2.03. The van der Waals surface area contributed by atoms with Gasteiger partial charge in [-0.3, -0.25) is 4.79 Å². The number of hydrogen-bond acceptors (Lipinski definition) is 3. The number of thiazole rings is 1. The number of amides is 1. The Morgan fingerprint density at radius 2 is 2.00 bits per heavy atom. The van der Waals surface area contributed by atoms with Gasteiger partial charge in [-0.2, -0.15) is 0 Å². The number of benzene rings is 1. The molecule has 94 valence electrons. The minimum atomic E-state index is -0.109. The Hall–Kier alpha value is -0.720. The summed E-state index contributed by atoms with van der Waals surface area (Å²) in [5.41, 5.74) is 1.50. The molecule has 2 aromatic rings. The second-order valence-corrected chi connectivity index (χ2v) is 6.59. The van der Waals surface area contributed by atoms with Gasteiger partial charge in [0, 0.05) is 19.9 Å². The van der Waals surface area contributed by atoms with Crippen molar-refractivity contribution in [2.24, 2.45) is 0 Å². The molecule has 0 radical (unpaired) electrons. The van der Waals surface area contributed by atoms with Gasteiger partial charge in [0.25, 0.3) is 5.91 Å². The summed E-state index contributed by atoms with van der Waals surface area (Å²) in [6.45, 7) is 2.40. The summed E-state index contributed by atoms with van der Waals surface area (Å²) in [7, 11) is 0. The van der Waals surface area contributed by atoms with Gasteiger partial charge in [-0.25, -0.2) is 4.98 Å². The van der Waals surface area contributed by atoms with Crippen LogP contribution in [0.5, 0.6) is 0 Å². The number of nitrogens with zero attached hydrogens (tertiary/aromatic N) is 1. The van der Waals surface area contributed by atoms with Crippen molar-refractivity contribution in [3.8, 4) is 0 Å². The standard InChI is InChI=1S/C12H10Br2N2OS/c1-7-16-11(6-18-7)5-15-12(17)8-2-9(13)4-10(14)3-8/h2-4,6H,5H2,1H3,(H,15,17). The first-order valence-electron chi connectivity index (χ1n) is 5.20. The van der Waals surface area contributed by atoms with E-state index in [1.165, 1.54) is 0 Å². The van der Waals surface area contributed by atoms with Crippen molar-refractivity contribution in [3.05, 3.63) is 48.8 Å². The summed E-state index contributed by atoms with van der Waals surface area (Å²) < 4.78 is 1.73. The third-order valence-electron chi connectivity index (χ3n) is 2.22. The van der Waals surface area contributed by atoms with Crippen LogP contribution in [0.25, 0.3) is 0 Å². The van der Waals surface area contributed by atoms with E-state index >= 15 is 0 Å². The fourth-order valence-electron chi connectivity index (χ4n) is 1.45. The molecule has 6 heteroatoms. The third-order valence-corrected chi connectivity index (χ3v) is 3.96. The predicted molar refractivity (Wildman–Crippen MR) is 79.9 cm³/mol. The summed E-state index contributed by atoms with van der Waals surface area (Å²) >= 11 is 8.30. The number of nitrogens with one attached hydrogen (secondary N) is 1. The van der Waals surface area contributed by atoms with Gasteiger partial charge in [-0.05, 0) is 25.1 Å². The molecular weight excluding hydrogens is 380 g/mol. The average molecular weight is 390 g/mol. The Labute approximate surface area is 126 Å². The van der Waals surface area contributed by atoms with Gasteiger partial charge >= 0.3 is 0 Å². The van der Waals surface area contributed by atoms with Crippen molar-refractivity contribution in [1.29, 1.82) is 0 Å². The van der Waals surface area contributed by atoms with Gasteiger partial charge in [-0.15, -0.1) is 11.3 Å². The highest BCUT2D eigenvalue weighted by Crippen LogP contribution is 2.20. The van der Waals surface area contributed by atoms with Gasteiger partial charge in [0.1, 0.15) is 0 Å². The van der Waals surface area contributed by atoms with Gasteiger partial charge in [0.05, 0.1) is 17.2 Å². The number of hydrogen-bond donors (Lipinski definition) is 1. The smallest absolute Gasteiger partial charge is 0.251 e. The first kappa shape index (κ1) is 13.7. The third kappa shape index (κ3) is 3.63. The maximum absolute atomic E-state index is 12.0. The summed E-state index contributed by atoms with van der Waals surface area (Å²) in [6, 6.07) is 5.46. The molecule has 3 nitrogen and oxygen atoms in total. The summed E-state index contributed by atoms with van der Waals surface area (Å²) in [5, 5.41) is 5.80. The molecule has 0 atom stereocenters. The molecule has 2 rings (SSSR count). The van der Waals surface area contributed by atoms with E-state index in [0.29, 0.717) is 12.1 Å². The fourth-order valence-corrected chi connectivity index (χ4v) is 3.35. The lowest BCUT2D eigenvalue weighted by molar-refractivity contribution is 0.0950. The highest BCUT2D eigenvalue weighted by Gasteiger charge is 2.08. The van der Waals surface area contributed by atoms with Gasteiger partial charge in [0.15, 0.2) is 0 Å². The molecule has 0 bridgehead atoms. The van der Waals surface area contributed by atoms with Crippen LogP contribution in [0.1, 0.15) is 21.1 Å². The highest BCUT2D eigenvalue weighted by atomic mass is 79.9. The van der Waals surface area contributed by atoms with Crippen molar-refractivity contribution in [3.63, 3.8) is 0 Å². The number of aryl methyl sites for hydroxylation is 1. The molecule has 0 spiro atoms. The molecule has 0 saturated carbocycles. The zero-order valence-electron chi connectivity index (χ0n) is 9.54. The molecule has 1 aromatic carbocycles. The maximum atomic E-state index is 12.0. The SMILES string of the molecule is Cc1nc(CNC(=O)c2cc(Br)cc(Br)c2)cs1. The van der Waals surface area contributed by atoms with Crippen LogP contribution in [-0.2, 0) is 6.54 Å². The molecule has 1 heterocycles. The normalized spacial score (nSPS) is 10.4. The van der Waals surface area contributed by atoms with Crippen molar-refractivity contribution in [2.45, 2.75) is 13.5 Å². The Morgan fingerprint density at radius 3 is 2.56 bits per heavy atom. The number of halogens is 2. The number of carbonyl (C=O) groups is 1. The molecule has 0 fully saturated rings. The van der Waals surface area contributed by atoms with E-state index in [1.807, 2.05) is 18.4 Å². The number of carbonyl (C=O) groups excluding carboxylic acids is 1. The Bertz CT molecular complexity index is 563. The zero-order chi connectivity index (χ0) is 13.1. The second kappa shape index (κ2) is 5.95. The molecule has 1 aromatic heterocycles. The minimum Gasteiger partial charge on any atom is -0.346 e. The van der Waals surface area contributed by atoms with Gasteiger partial charge < -0.3 is 5.32 Å². The average Bonchev–Trinajstić information content (AvgIpc) is 2.70. The zero-order valence-corrected chi connectivity index (χ0v) is 13.5. The lowest BCUT2D eigenvalue weighted by Crippen LogP contribution is -2.22. The topological polar surface area (TPSA) is 42.0 Å². The molecule has 18 heavy (non-hydrogen) atoms. The fraction of sp³-hybridized carbons (Fsp3) is 0.167. The lowest BCUT2D eigenvalue weighted by atomic mass is 10.2. The van der Waals surface area contributed by atoms with Crippen LogP contribution < -0.4 is 5.32 Å². The molecule has 0 saturated heterocycles. The molecule has 0 aliphatic rings. The summed E-state index contributed by atoms with van der Waals surface area (Å²) in [5.74, 6) is -0.109. The second-order valence-electron chi connectivity index (χ2n) is 3.70. The van der Waals surface area contributed by atoms with E-state index in [1.54, 1.807) is 23.5 Å². The van der Waals surface area contributed by atoms with Gasteiger partial charge in [0.2, 0.25) is 0 Å². The van der Waals surface area contributed by atoms with E-state index in [-0.39, 0.29) is 5.91 Å². The van der Waals surface area contributed by atoms with Crippen molar-refractivity contribution >= 4 is 49.1 Å². The first-order chi connectivity index (χ1) is 8.54. The molecule has 1 N–H and O–H groups in total. The molecule has 0 unspecified atom stereocenters. The summed E-state index contributed by atoms with van der Waals surface area (Å²) in [4.78, 5) is 16.2. The van der Waals surface area contributed by atoms with E-state index in [9.17, 15) is 4.79 Å². The van der Waals surface area contributed by atoms with E-state index in [2.05, 4.69) is 42.2 Å². The van der Waals surface area contributed by atoms with Crippen LogP contribution in [0, 0.1) is 6.92 Å². The first-order valence-corrected chi connectivity index (χ1v) is 7.66. The molecule has 0 aliphatic carbocycles. The van der Waals surface area contributed by atoms with Crippen molar-refractivity contribution in [1.82, 2.24) is 10.3 Å². The van der Waals surface area contributed by atoms with Crippen LogP contribution in [0.2, 0.25) is 0 Å². The minimum absolute atomic E-state index is 0.109. The predicted octanol–water partition coefficient (Wildman–Crippen LogP) is 3.91. The summed E-state index contributed by atoms with van der Waals surface area (Å²) in [6.07, 6.45) is 0. The van der Waals surface area contributed by atoms with Crippen LogP contribution in [0.3, 0.4) is 0 Å². The monoisotopic (exact) mass is 388 g/mol.